The summed E-state index contributed by atoms with van der Waals surface area (Å²) < 4.78 is 7.84. The minimum absolute atomic E-state index is 0.0691. The Labute approximate surface area is 146 Å². The summed E-state index contributed by atoms with van der Waals surface area (Å²) in [6.45, 7) is 3.70. The van der Waals surface area contributed by atoms with Gasteiger partial charge in [-0.3, -0.25) is 4.79 Å². The predicted octanol–water partition coefficient (Wildman–Crippen LogP) is 5.45. The van der Waals surface area contributed by atoms with Crippen molar-refractivity contribution in [2.45, 2.75) is 20.3 Å². The van der Waals surface area contributed by atoms with Gasteiger partial charge in [-0.25, -0.2) is 0 Å². The van der Waals surface area contributed by atoms with E-state index in [2.05, 4.69) is 64.2 Å². The Morgan fingerprint density at radius 2 is 1.65 bits per heavy atom. The molecule has 0 atom stereocenters. The van der Waals surface area contributed by atoms with E-state index in [0.717, 1.165) is 25.1 Å². The first kappa shape index (κ1) is 15.8. The molecule has 4 heteroatoms. The zero-order valence-corrected chi connectivity index (χ0v) is 15.6. The summed E-state index contributed by atoms with van der Waals surface area (Å²) in [5.74, 6) is 1.69. The summed E-state index contributed by atoms with van der Waals surface area (Å²) in [4.78, 5) is 11.4. The largest absolute Gasteiger partial charge is 0.455 e. The van der Waals surface area contributed by atoms with E-state index in [1.807, 2.05) is 24.3 Å². The number of benzene rings is 2. The number of halogens is 2. The fourth-order valence-corrected chi connectivity index (χ4v) is 3.76. The molecule has 2 nitrogen and oxygen atoms in total. The van der Waals surface area contributed by atoms with E-state index in [4.69, 9.17) is 4.74 Å². The highest BCUT2D eigenvalue weighted by Gasteiger charge is 2.12. The third-order valence-corrected chi connectivity index (χ3v) is 4.56. The maximum absolute atomic E-state index is 11.4. The number of hydrogen-bond acceptors (Lipinski definition) is 2. The normalized spacial score (nSPS) is 10.4. The Hall–Kier alpha value is -0.630. The molecule has 104 valence electrons. The van der Waals surface area contributed by atoms with Gasteiger partial charge in [-0.05, 0) is 88.4 Å². The number of rotatable bonds is 4. The second-order valence-electron chi connectivity index (χ2n) is 4.42. The summed E-state index contributed by atoms with van der Waals surface area (Å²) >= 11 is 4.41. The zero-order chi connectivity index (χ0) is 14.7. The summed E-state index contributed by atoms with van der Waals surface area (Å²) in [5, 5.41) is 0. The van der Waals surface area contributed by atoms with Gasteiger partial charge in [-0.1, -0.05) is 19.1 Å². The fourth-order valence-electron chi connectivity index (χ4n) is 1.77. The molecule has 0 aliphatic rings. The molecule has 0 saturated carbocycles. The molecule has 2 rings (SSSR count). The quantitative estimate of drug-likeness (QED) is 0.419. The topological polar surface area (TPSA) is 26.3 Å². The van der Waals surface area contributed by atoms with Gasteiger partial charge in [0, 0.05) is 5.56 Å². The van der Waals surface area contributed by atoms with Gasteiger partial charge in [0.15, 0.2) is 11.5 Å². The summed E-state index contributed by atoms with van der Waals surface area (Å²) in [6, 6.07) is 11.8. The number of carbonyl (C=O) groups is 1. The third kappa shape index (κ3) is 3.72. The van der Waals surface area contributed by atoms with Crippen LogP contribution in [0.2, 0.25) is 0 Å². The van der Waals surface area contributed by atoms with Gasteiger partial charge in [0.1, 0.15) is 5.75 Å². The van der Waals surface area contributed by atoms with Crippen molar-refractivity contribution in [2.24, 2.45) is 0 Å². The molecule has 20 heavy (non-hydrogen) atoms. The molecule has 0 aromatic heterocycles. The van der Waals surface area contributed by atoms with Gasteiger partial charge in [0.2, 0.25) is 0 Å². The van der Waals surface area contributed by atoms with Crippen LogP contribution in [0.1, 0.15) is 29.8 Å². The molecule has 0 amide bonds. The van der Waals surface area contributed by atoms with Gasteiger partial charge in [-0.2, -0.15) is 0 Å². The second kappa shape index (κ2) is 6.89. The van der Waals surface area contributed by atoms with Gasteiger partial charge in [0.25, 0.3) is 0 Å². The van der Waals surface area contributed by atoms with E-state index in [0.29, 0.717) is 5.56 Å². The Bertz CT molecular complexity index is 610. The van der Waals surface area contributed by atoms with E-state index in [1.165, 1.54) is 5.56 Å². The van der Waals surface area contributed by atoms with Crippen LogP contribution < -0.4 is 4.74 Å². The first-order valence-electron chi connectivity index (χ1n) is 6.28. The fraction of sp³-hybridized carbons (Fsp3) is 0.188. The molecule has 0 aliphatic heterocycles. The molecule has 0 spiro atoms. The number of ether oxygens (including phenoxy) is 1. The molecule has 0 fully saturated rings. The Kier molecular flexibility index (Phi) is 5.42. The van der Waals surface area contributed by atoms with Crippen LogP contribution in [0.5, 0.6) is 11.5 Å². The van der Waals surface area contributed by atoms with Crippen LogP contribution in [0.15, 0.2) is 36.4 Å². The first-order valence-corrected chi connectivity index (χ1v) is 8.43. The minimum Gasteiger partial charge on any atom is -0.455 e. The maximum atomic E-state index is 11.4. The molecule has 2 aromatic rings. The SMILES string of the molecule is CCc1ccc(Oc2c(I)cc(C(C)=O)cc2I)cc1. The van der Waals surface area contributed by atoms with Gasteiger partial charge >= 0.3 is 0 Å². The van der Waals surface area contributed by atoms with Crippen LogP contribution in [-0.4, -0.2) is 5.78 Å². The Morgan fingerprint density at radius 1 is 1.10 bits per heavy atom. The maximum Gasteiger partial charge on any atom is 0.159 e. The molecule has 0 saturated heterocycles. The highest BCUT2D eigenvalue weighted by molar-refractivity contribution is 14.1. The average molecular weight is 492 g/mol. The number of ketones is 1. The molecular formula is C16H14I2O2. The first-order chi connectivity index (χ1) is 9.51. The van der Waals surface area contributed by atoms with E-state index in [1.54, 1.807) is 6.92 Å². The molecule has 0 radical (unpaired) electrons. The van der Waals surface area contributed by atoms with Gasteiger partial charge in [0.05, 0.1) is 7.14 Å². The molecule has 0 heterocycles. The van der Waals surface area contributed by atoms with Crippen molar-refractivity contribution < 1.29 is 9.53 Å². The Balaban J connectivity index is 2.30. The second-order valence-corrected chi connectivity index (χ2v) is 6.75. The van der Waals surface area contributed by atoms with Crippen LogP contribution in [-0.2, 0) is 6.42 Å². The van der Waals surface area contributed by atoms with Crippen molar-refractivity contribution in [2.75, 3.05) is 0 Å². The Morgan fingerprint density at radius 3 is 2.10 bits per heavy atom. The van der Waals surface area contributed by atoms with E-state index < -0.39 is 0 Å². The van der Waals surface area contributed by atoms with Crippen LogP contribution in [0.4, 0.5) is 0 Å². The molecule has 0 unspecified atom stereocenters. The number of carbonyl (C=O) groups excluding carboxylic acids is 1. The third-order valence-electron chi connectivity index (χ3n) is 2.96. The zero-order valence-electron chi connectivity index (χ0n) is 11.2. The monoisotopic (exact) mass is 492 g/mol. The van der Waals surface area contributed by atoms with Crippen molar-refractivity contribution in [3.63, 3.8) is 0 Å². The lowest BCUT2D eigenvalue weighted by molar-refractivity contribution is 0.101. The lowest BCUT2D eigenvalue weighted by atomic mass is 10.1. The minimum atomic E-state index is 0.0691. The molecule has 0 N–H and O–H groups in total. The van der Waals surface area contributed by atoms with Crippen molar-refractivity contribution in [3.8, 4) is 11.5 Å². The van der Waals surface area contributed by atoms with Gasteiger partial charge in [-0.15, -0.1) is 0 Å². The van der Waals surface area contributed by atoms with Crippen LogP contribution in [0, 0.1) is 7.14 Å². The summed E-state index contributed by atoms with van der Waals surface area (Å²) in [6.07, 6.45) is 1.02. The number of aryl methyl sites for hydroxylation is 1. The van der Waals surface area contributed by atoms with Crippen LogP contribution >= 0.6 is 45.2 Å². The molecular weight excluding hydrogens is 478 g/mol. The van der Waals surface area contributed by atoms with E-state index >= 15 is 0 Å². The number of Topliss-reactive ketones (excluding diaryl/α,β-unsaturated/α-hetero) is 1. The molecule has 0 aliphatic carbocycles. The smallest absolute Gasteiger partial charge is 0.159 e. The highest BCUT2D eigenvalue weighted by Crippen LogP contribution is 2.33. The lowest BCUT2D eigenvalue weighted by Gasteiger charge is -2.11. The summed E-state index contributed by atoms with van der Waals surface area (Å²) in [7, 11) is 0. The average Bonchev–Trinajstić information content (AvgIpc) is 2.43. The van der Waals surface area contributed by atoms with Crippen molar-refractivity contribution in [1.29, 1.82) is 0 Å². The standard InChI is InChI=1S/C16H14I2O2/c1-3-11-4-6-13(7-5-11)20-16-14(17)8-12(10(2)19)9-15(16)18/h4-9H,3H2,1-2H3. The predicted molar refractivity (Wildman–Crippen MR) is 97.8 cm³/mol. The van der Waals surface area contributed by atoms with Crippen LogP contribution in [0.3, 0.4) is 0 Å². The number of hydrogen-bond donors (Lipinski definition) is 0. The van der Waals surface area contributed by atoms with Gasteiger partial charge < -0.3 is 4.74 Å². The van der Waals surface area contributed by atoms with E-state index in [-0.39, 0.29) is 5.78 Å². The highest BCUT2D eigenvalue weighted by atomic mass is 127. The van der Waals surface area contributed by atoms with Crippen molar-refractivity contribution in [3.05, 3.63) is 54.7 Å². The van der Waals surface area contributed by atoms with Crippen molar-refractivity contribution in [1.82, 2.24) is 0 Å². The molecule has 0 bridgehead atoms. The van der Waals surface area contributed by atoms with E-state index in [9.17, 15) is 4.79 Å². The lowest BCUT2D eigenvalue weighted by Crippen LogP contribution is -1.97. The summed E-state index contributed by atoms with van der Waals surface area (Å²) in [5.41, 5.74) is 2.00. The van der Waals surface area contributed by atoms with Crippen molar-refractivity contribution >= 4 is 51.0 Å². The molecule has 2 aromatic carbocycles. The van der Waals surface area contributed by atoms with Crippen LogP contribution in [0.25, 0.3) is 0 Å².